The number of aromatic nitrogens is 2. The van der Waals surface area contributed by atoms with Gasteiger partial charge in [-0.25, -0.2) is 0 Å². The number of methoxy groups -OCH3 is 1. The fourth-order valence-electron chi connectivity index (χ4n) is 2.15. The van der Waals surface area contributed by atoms with Crippen molar-refractivity contribution in [3.63, 3.8) is 0 Å². The van der Waals surface area contributed by atoms with Crippen molar-refractivity contribution in [2.75, 3.05) is 12.8 Å². The third kappa shape index (κ3) is 2.54. The number of ether oxygens (including phenoxy) is 1. The van der Waals surface area contributed by atoms with Crippen LogP contribution in [0.3, 0.4) is 0 Å². The average Bonchev–Trinajstić information content (AvgIpc) is 2.67. The Kier molecular flexibility index (Phi) is 4.00. The van der Waals surface area contributed by atoms with E-state index in [1.54, 1.807) is 17.9 Å². The summed E-state index contributed by atoms with van der Waals surface area (Å²) in [5.74, 6) is 1.41. The molecule has 0 aliphatic carbocycles. The van der Waals surface area contributed by atoms with Crippen LogP contribution in [0.1, 0.15) is 18.9 Å². The van der Waals surface area contributed by atoms with Crippen LogP contribution in [0.25, 0.3) is 11.3 Å². The largest absolute Gasteiger partial charge is 0.496 e. The lowest BCUT2D eigenvalue weighted by atomic mass is 10.0. The van der Waals surface area contributed by atoms with Crippen molar-refractivity contribution in [3.8, 4) is 17.0 Å². The minimum Gasteiger partial charge on any atom is -0.496 e. The van der Waals surface area contributed by atoms with Gasteiger partial charge in [-0.1, -0.05) is 24.9 Å². The molecule has 2 rings (SSSR count). The summed E-state index contributed by atoms with van der Waals surface area (Å²) in [6.45, 7) is 2.12. The Morgan fingerprint density at radius 2 is 2.16 bits per heavy atom. The number of hydrogen-bond acceptors (Lipinski definition) is 3. The molecular weight excluding hydrogens is 262 g/mol. The Bertz CT molecular complexity index is 593. The van der Waals surface area contributed by atoms with Crippen LogP contribution in [0, 0.1) is 0 Å². The number of aryl methyl sites for hydroxylation is 1. The fraction of sp³-hybridized carbons (Fsp3) is 0.357. The van der Waals surface area contributed by atoms with Crippen LogP contribution in [0.4, 0.5) is 5.82 Å². The molecule has 4 nitrogen and oxygen atoms in total. The molecule has 0 unspecified atom stereocenters. The summed E-state index contributed by atoms with van der Waals surface area (Å²) in [6.07, 6.45) is 1.90. The van der Waals surface area contributed by atoms with Crippen LogP contribution in [-0.4, -0.2) is 16.9 Å². The van der Waals surface area contributed by atoms with Crippen molar-refractivity contribution in [1.29, 1.82) is 0 Å². The average molecular weight is 280 g/mol. The first-order chi connectivity index (χ1) is 9.08. The van der Waals surface area contributed by atoms with Crippen molar-refractivity contribution in [2.24, 2.45) is 7.05 Å². The molecule has 0 aliphatic rings. The molecule has 0 atom stereocenters. The van der Waals surface area contributed by atoms with Crippen molar-refractivity contribution < 1.29 is 4.74 Å². The Labute approximate surface area is 118 Å². The van der Waals surface area contributed by atoms with Gasteiger partial charge in [0.05, 0.1) is 7.11 Å². The summed E-state index contributed by atoms with van der Waals surface area (Å²) < 4.78 is 7.09. The van der Waals surface area contributed by atoms with Gasteiger partial charge in [-0.15, -0.1) is 0 Å². The van der Waals surface area contributed by atoms with Crippen molar-refractivity contribution in [1.82, 2.24) is 9.78 Å². The van der Waals surface area contributed by atoms with Gasteiger partial charge in [0.2, 0.25) is 0 Å². The number of nitrogen functional groups attached to an aromatic ring is 1. The van der Waals surface area contributed by atoms with Gasteiger partial charge in [0, 0.05) is 23.2 Å². The number of anilines is 1. The van der Waals surface area contributed by atoms with Gasteiger partial charge in [-0.2, -0.15) is 5.10 Å². The second-order valence-electron chi connectivity index (χ2n) is 4.43. The van der Waals surface area contributed by atoms with E-state index in [1.165, 1.54) is 0 Å². The lowest BCUT2D eigenvalue weighted by molar-refractivity contribution is 0.416. The van der Waals surface area contributed by atoms with Gasteiger partial charge in [0.15, 0.2) is 0 Å². The van der Waals surface area contributed by atoms with Gasteiger partial charge < -0.3 is 10.5 Å². The normalized spacial score (nSPS) is 10.7. The highest BCUT2D eigenvalue weighted by atomic mass is 35.5. The zero-order valence-electron chi connectivity index (χ0n) is 11.4. The number of nitrogens with two attached hydrogens (primary N) is 1. The summed E-state index contributed by atoms with van der Waals surface area (Å²) in [5.41, 5.74) is 8.93. The first-order valence-electron chi connectivity index (χ1n) is 6.23. The molecule has 5 heteroatoms. The molecule has 0 spiro atoms. The van der Waals surface area contributed by atoms with Crippen LogP contribution in [0.5, 0.6) is 5.75 Å². The van der Waals surface area contributed by atoms with E-state index in [2.05, 4.69) is 12.0 Å². The van der Waals surface area contributed by atoms with Crippen LogP contribution >= 0.6 is 11.6 Å². The van der Waals surface area contributed by atoms with Gasteiger partial charge in [-0.3, -0.25) is 4.68 Å². The Balaban J connectivity index is 2.61. The standard InChI is InChI=1S/C14H18ClN3O/c1-4-5-11-13(17-18(2)14(11)16)10-7-6-9(15)8-12(10)19-3/h6-8H,4-5,16H2,1-3H3. The summed E-state index contributed by atoms with van der Waals surface area (Å²) in [7, 11) is 3.47. The number of halogens is 1. The molecular formula is C14H18ClN3O. The van der Waals surface area contributed by atoms with E-state index in [0.717, 1.165) is 29.7 Å². The number of rotatable bonds is 4. The first-order valence-corrected chi connectivity index (χ1v) is 6.61. The molecule has 0 saturated carbocycles. The van der Waals surface area contributed by atoms with E-state index in [4.69, 9.17) is 22.1 Å². The molecule has 1 aromatic carbocycles. The number of benzene rings is 1. The number of nitrogens with zero attached hydrogens (tertiary/aromatic N) is 2. The highest BCUT2D eigenvalue weighted by molar-refractivity contribution is 6.30. The van der Waals surface area contributed by atoms with Crippen molar-refractivity contribution >= 4 is 17.4 Å². The van der Waals surface area contributed by atoms with Crippen molar-refractivity contribution in [2.45, 2.75) is 19.8 Å². The minimum absolute atomic E-state index is 0.640. The van der Waals surface area contributed by atoms with E-state index in [1.807, 2.05) is 19.2 Å². The SMILES string of the molecule is CCCc1c(-c2ccc(Cl)cc2OC)nn(C)c1N. The maximum absolute atomic E-state index is 6.08. The molecule has 0 saturated heterocycles. The Hall–Kier alpha value is -1.68. The molecule has 0 amide bonds. The lowest BCUT2D eigenvalue weighted by Gasteiger charge is -2.08. The van der Waals surface area contributed by atoms with Gasteiger partial charge >= 0.3 is 0 Å². The van der Waals surface area contributed by atoms with E-state index in [9.17, 15) is 0 Å². The van der Waals surface area contributed by atoms with Crippen molar-refractivity contribution in [3.05, 3.63) is 28.8 Å². The highest BCUT2D eigenvalue weighted by Gasteiger charge is 2.18. The Morgan fingerprint density at radius 3 is 2.79 bits per heavy atom. The molecule has 0 bridgehead atoms. The van der Waals surface area contributed by atoms with E-state index >= 15 is 0 Å². The molecule has 1 heterocycles. The molecule has 1 aromatic heterocycles. The zero-order chi connectivity index (χ0) is 14.0. The van der Waals surface area contributed by atoms with Crippen LogP contribution in [0.15, 0.2) is 18.2 Å². The second-order valence-corrected chi connectivity index (χ2v) is 4.87. The minimum atomic E-state index is 0.640. The monoisotopic (exact) mass is 279 g/mol. The molecule has 19 heavy (non-hydrogen) atoms. The second kappa shape index (κ2) is 5.53. The number of hydrogen-bond donors (Lipinski definition) is 1. The van der Waals surface area contributed by atoms with E-state index in [-0.39, 0.29) is 0 Å². The van der Waals surface area contributed by atoms with E-state index < -0.39 is 0 Å². The molecule has 0 fully saturated rings. The molecule has 0 aliphatic heterocycles. The van der Waals surface area contributed by atoms with E-state index in [0.29, 0.717) is 16.6 Å². The van der Waals surface area contributed by atoms with Gasteiger partial charge in [0.25, 0.3) is 0 Å². The first kappa shape index (κ1) is 13.7. The van der Waals surface area contributed by atoms with Crippen LogP contribution in [0.2, 0.25) is 5.02 Å². The zero-order valence-corrected chi connectivity index (χ0v) is 12.2. The Morgan fingerprint density at radius 1 is 1.42 bits per heavy atom. The van der Waals surface area contributed by atoms with Gasteiger partial charge in [-0.05, 0) is 24.6 Å². The summed E-state index contributed by atoms with van der Waals surface area (Å²) >= 11 is 5.99. The third-order valence-electron chi connectivity index (χ3n) is 3.11. The molecule has 2 aromatic rings. The topological polar surface area (TPSA) is 53.1 Å². The maximum atomic E-state index is 6.08. The maximum Gasteiger partial charge on any atom is 0.129 e. The quantitative estimate of drug-likeness (QED) is 0.934. The summed E-state index contributed by atoms with van der Waals surface area (Å²) in [4.78, 5) is 0. The fourth-order valence-corrected chi connectivity index (χ4v) is 2.32. The van der Waals surface area contributed by atoms with Gasteiger partial charge in [0.1, 0.15) is 17.3 Å². The smallest absolute Gasteiger partial charge is 0.129 e. The summed E-state index contributed by atoms with van der Waals surface area (Å²) in [5, 5.41) is 5.15. The molecule has 2 N–H and O–H groups in total. The van der Waals surface area contributed by atoms with Crippen LogP contribution in [-0.2, 0) is 13.5 Å². The lowest BCUT2D eigenvalue weighted by Crippen LogP contribution is -1.99. The molecule has 102 valence electrons. The molecule has 0 radical (unpaired) electrons. The predicted molar refractivity (Wildman–Crippen MR) is 78.6 cm³/mol. The van der Waals surface area contributed by atoms with Crippen LogP contribution < -0.4 is 10.5 Å². The highest BCUT2D eigenvalue weighted by Crippen LogP contribution is 2.35. The predicted octanol–water partition coefficient (Wildman–Crippen LogP) is 3.28. The summed E-state index contributed by atoms with van der Waals surface area (Å²) in [6, 6.07) is 5.54. The third-order valence-corrected chi connectivity index (χ3v) is 3.35.